The van der Waals surface area contributed by atoms with Crippen molar-refractivity contribution < 1.29 is 4.79 Å². The first-order chi connectivity index (χ1) is 9.69. The molecule has 1 aliphatic heterocycles. The van der Waals surface area contributed by atoms with Crippen LogP contribution in [0.3, 0.4) is 0 Å². The third-order valence-corrected chi connectivity index (χ3v) is 4.26. The van der Waals surface area contributed by atoms with Gasteiger partial charge in [-0.3, -0.25) is 4.79 Å². The summed E-state index contributed by atoms with van der Waals surface area (Å²) < 4.78 is 0. The van der Waals surface area contributed by atoms with E-state index in [1.54, 1.807) is 6.07 Å². The number of hydrogen-bond acceptors (Lipinski definition) is 2. The molecular weight excluding hydrogens is 272 g/mol. The van der Waals surface area contributed by atoms with Crippen LogP contribution >= 0.6 is 11.6 Å². The lowest BCUT2D eigenvalue weighted by Crippen LogP contribution is -2.28. The molecule has 20 heavy (non-hydrogen) atoms. The molecule has 0 bridgehead atoms. The van der Waals surface area contributed by atoms with E-state index in [-0.39, 0.29) is 5.91 Å². The average molecular weight is 289 g/mol. The second kappa shape index (κ2) is 5.41. The number of fused-ring (bicyclic) bond motifs is 1. The second-order valence-electron chi connectivity index (χ2n) is 5.32. The lowest BCUT2D eigenvalue weighted by atomic mass is 10.1. The topological polar surface area (TPSA) is 33.2 Å². The molecule has 1 fully saturated rings. The Labute approximate surface area is 123 Å². The van der Waals surface area contributed by atoms with Crippen LogP contribution in [0, 0.1) is 5.92 Å². The first-order valence-corrected chi connectivity index (χ1v) is 7.41. The molecule has 1 atom stereocenters. The Kier molecular flexibility index (Phi) is 3.62. The van der Waals surface area contributed by atoms with Gasteiger partial charge in [0.25, 0.3) is 5.91 Å². The minimum Gasteiger partial charge on any atom is -0.338 e. The monoisotopic (exact) mass is 288 g/mol. The fourth-order valence-electron chi connectivity index (χ4n) is 2.84. The van der Waals surface area contributed by atoms with Crippen molar-refractivity contribution in [3.8, 4) is 0 Å². The summed E-state index contributed by atoms with van der Waals surface area (Å²) >= 11 is 6.05. The summed E-state index contributed by atoms with van der Waals surface area (Å²) in [5.41, 5.74) is 1.44. The van der Waals surface area contributed by atoms with Gasteiger partial charge in [0.05, 0.1) is 11.1 Å². The van der Waals surface area contributed by atoms with Crippen LogP contribution in [0.15, 0.2) is 30.3 Å². The largest absolute Gasteiger partial charge is 0.338 e. The minimum atomic E-state index is 0.0708. The number of aromatic nitrogens is 1. The van der Waals surface area contributed by atoms with Gasteiger partial charge < -0.3 is 4.90 Å². The number of nitrogens with zero attached hydrogens (tertiary/aromatic N) is 2. The van der Waals surface area contributed by atoms with Gasteiger partial charge in [0.2, 0.25) is 0 Å². The summed E-state index contributed by atoms with van der Waals surface area (Å²) in [7, 11) is 0. The van der Waals surface area contributed by atoms with Gasteiger partial charge in [-0.15, -0.1) is 0 Å². The zero-order chi connectivity index (χ0) is 14.1. The van der Waals surface area contributed by atoms with Crippen LogP contribution in [-0.2, 0) is 0 Å². The van der Waals surface area contributed by atoms with E-state index in [0.717, 1.165) is 36.8 Å². The Balaban J connectivity index is 1.99. The Morgan fingerprint density at radius 1 is 1.45 bits per heavy atom. The molecule has 0 N–H and O–H groups in total. The molecule has 0 spiro atoms. The molecule has 2 heterocycles. The Bertz CT molecular complexity index is 656. The fraction of sp³-hybridized carbons (Fsp3) is 0.375. The Morgan fingerprint density at radius 2 is 2.25 bits per heavy atom. The highest BCUT2D eigenvalue weighted by molar-refractivity contribution is 6.30. The quantitative estimate of drug-likeness (QED) is 0.788. The van der Waals surface area contributed by atoms with Gasteiger partial charge in [-0.05, 0) is 24.5 Å². The number of likely N-dealkylation sites (tertiary alicyclic amines) is 1. The van der Waals surface area contributed by atoms with Crippen LogP contribution in [0.5, 0.6) is 0 Å². The molecule has 0 radical (unpaired) electrons. The van der Waals surface area contributed by atoms with Crippen molar-refractivity contribution in [2.24, 2.45) is 5.92 Å². The third kappa shape index (κ3) is 2.38. The lowest BCUT2D eigenvalue weighted by molar-refractivity contribution is 0.0789. The summed E-state index contributed by atoms with van der Waals surface area (Å²) in [6.45, 7) is 3.87. The maximum Gasteiger partial charge on any atom is 0.254 e. The number of halogens is 1. The minimum absolute atomic E-state index is 0.0708. The van der Waals surface area contributed by atoms with Crippen LogP contribution in [-0.4, -0.2) is 28.9 Å². The summed E-state index contributed by atoms with van der Waals surface area (Å²) in [6.07, 6.45) is 2.22. The average Bonchev–Trinajstić information content (AvgIpc) is 2.94. The van der Waals surface area contributed by atoms with E-state index in [2.05, 4.69) is 11.9 Å². The number of para-hydroxylation sites is 1. The van der Waals surface area contributed by atoms with Crippen molar-refractivity contribution in [3.63, 3.8) is 0 Å². The van der Waals surface area contributed by atoms with Crippen LogP contribution in [0.1, 0.15) is 30.1 Å². The summed E-state index contributed by atoms with van der Waals surface area (Å²) in [5, 5.41) is 1.25. The van der Waals surface area contributed by atoms with Gasteiger partial charge in [0.15, 0.2) is 0 Å². The molecule has 1 saturated heterocycles. The van der Waals surface area contributed by atoms with E-state index >= 15 is 0 Å². The van der Waals surface area contributed by atoms with Gasteiger partial charge in [-0.25, -0.2) is 4.98 Å². The van der Waals surface area contributed by atoms with Crippen molar-refractivity contribution in [2.45, 2.75) is 19.8 Å². The molecular formula is C16H17ClN2O. The highest BCUT2D eigenvalue weighted by Crippen LogP contribution is 2.26. The van der Waals surface area contributed by atoms with Crippen LogP contribution in [0.4, 0.5) is 0 Å². The lowest BCUT2D eigenvalue weighted by Gasteiger charge is -2.17. The molecule has 3 nitrogen and oxygen atoms in total. The summed E-state index contributed by atoms with van der Waals surface area (Å²) in [5.74, 6) is 0.698. The predicted molar refractivity (Wildman–Crippen MR) is 81.1 cm³/mol. The maximum absolute atomic E-state index is 12.7. The van der Waals surface area contributed by atoms with E-state index in [4.69, 9.17) is 11.6 Å². The van der Waals surface area contributed by atoms with Gasteiger partial charge in [-0.1, -0.05) is 43.1 Å². The molecule has 1 aliphatic rings. The van der Waals surface area contributed by atoms with Gasteiger partial charge in [0, 0.05) is 18.5 Å². The molecule has 0 aliphatic carbocycles. The first-order valence-electron chi connectivity index (χ1n) is 7.03. The van der Waals surface area contributed by atoms with Crippen molar-refractivity contribution >= 4 is 28.4 Å². The standard InChI is InChI=1S/C16H17ClN2O/c1-2-11-7-8-19(10-11)16(20)13-9-15(17)18-14-6-4-3-5-12(13)14/h3-6,9,11H,2,7-8,10H2,1H3. The molecule has 1 unspecified atom stereocenters. The molecule has 2 aromatic rings. The maximum atomic E-state index is 12.7. The predicted octanol–water partition coefficient (Wildman–Crippen LogP) is 3.76. The van der Waals surface area contributed by atoms with E-state index in [1.165, 1.54) is 0 Å². The van der Waals surface area contributed by atoms with Crippen LogP contribution in [0.25, 0.3) is 10.9 Å². The van der Waals surface area contributed by atoms with Crippen LogP contribution in [0.2, 0.25) is 5.15 Å². The number of benzene rings is 1. The molecule has 3 rings (SSSR count). The molecule has 4 heteroatoms. The first kappa shape index (κ1) is 13.4. The van der Waals surface area contributed by atoms with E-state index in [0.29, 0.717) is 16.6 Å². The molecule has 0 saturated carbocycles. The zero-order valence-electron chi connectivity index (χ0n) is 11.5. The summed E-state index contributed by atoms with van der Waals surface area (Å²) in [6, 6.07) is 9.33. The van der Waals surface area contributed by atoms with E-state index < -0.39 is 0 Å². The third-order valence-electron chi connectivity index (χ3n) is 4.07. The van der Waals surface area contributed by atoms with E-state index in [1.807, 2.05) is 29.2 Å². The fourth-order valence-corrected chi connectivity index (χ4v) is 3.04. The number of hydrogen-bond donors (Lipinski definition) is 0. The molecule has 1 amide bonds. The van der Waals surface area contributed by atoms with Crippen molar-refractivity contribution in [3.05, 3.63) is 41.0 Å². The van der Waals surface area contributed by atoms with E-state index in [9.17, 15) is 4.79 Å². The van der Waals surface area contributed by atoms with Crippen molar-refractivity contribution in [1.29, 1.82) is 0 Å². The van der Waals surface area contributed by atoms with Gasteiger partial charge >= 0.3 is 0 Å². The van der Waals surface area contributed by atoms with Crippen molar-refractivity contribution in [2.75, 3.05) is 13.1 Å². The highest BCUT2D eigenvalue weighted by Gasteiger charge is 2.27. The highest BCUT2D eigenvalue weighted by atomic mass is 35.5. The van der Waals surface area contributed by atoms with Crippen LogP contribution < -0.4 is 0 Å². The SMILES string of the molecule is CCC1CCN(C(=O)c2cc(Cl)nc3ccccc23)C1. The van der Waals surface area contributed by atoms with Crippen molar-refractivity contribution in [1.82, 2.24) is 9.88 Å². The van der Waals surface area contributed by atoms with Gasteiger partial charge in [-0.2, -0.15) is 0 Å². The molecule has 1 aromatic heterocycles. The zero-order valence-corrected chi connectivity index (χ0v) is 12.2. The molecule has 1 aromatic carbocycles. The summed E-state index contributed by atoms with van der Waals surface area (Å²) in [4.78, 5) is 18.9. The van der Waals surface area contributed by atoms with Gasteiger partial charge in [0.1, 0.15) is 5.15 Å². The number of amides is 1. The number of carbonyl (C=O) groups excluding carboxylic acids is 1. The normalized spacial score (nSPS) is 18.7. The molecule has 104 valence electrons. The second-order valence-corrected chi connectivity index (χ2v) is 5.71. The number of pyridine rings is 1. The Hall–Kier alpha value is -1.61. The number of rotatable bonds is 2. The Morgan fingerprint density at radius 3 is 3.00 bits per heavy atom. The number of carbonyl (C=O) groups is 1. The smallest absolute Gasteiger partial charge is 0.254 e.